The Balaban J connectivity index is 3.07. The van der Waals surface area contributed by atoms with Gasteiger partial charge in [0.1, 0.15) is 17.1 Å². The standard InChI is InChI=1S/C10H12O4/c1-3-14-9-6-7(11)4-5-8(9)10(12)13-2/h4-6,11H,3H2,1-2H3. The van der Waals surface area contributed by atoms with Crippen molar-refractivity contribution in [3.8, 4) is 11.5 Å². The topological polar surface area (TPSA) is 55.8 Å². The van der Waals surface area contributed by atoms with Gasteiger partial charge in [-0.15, -0.1) is 0 Å². The average Bonchev–Trinajstić information content (AvgIpc) is 2.17. The summed E-state index contributed by atoms with van der Waals surface area (Å²) >= 11 is 0. The lowest BCUT2D eigenvalue weighted by Crippen LogP contribution is -2.05. The SMILES string of the molecule is CCOc1cc(O)ccc1C(=O)OC. The highest BCUT2D eigenvalue weighted by molar-refractivity contribution is 5.92. The summed E-state index contributed by atoms with van der Waals surface area (Å²) in [5.41, 5.74) is 0.312. The third-order valence-electron chi connectivity index (χ3n) is 1.67. The molecule has 1 aromatic carbocycles. The van der Waals surface area contributed by atoms with E-state index in [1.165, 1.54) is 25.3 Å². The molecule has 0 heterocycles. The second-order valence-electron chi connectivity index (χ2n) is 2.61. The van der Waals surface area contributed by atoms with Crippen LogP contribution in [0.1, 0.15) is 17.3 Å². The predicted molar refractivity (Wildman–Crippen MR) is 50.6 cm³/mol. The number of methoxy groups -OCH3 is 1. The molecular formula is C10H12O4. The molecule has 0 bridgehead atoms. The predicted octanol–water partition coefficient (Wildman–Crippen LogP) is 1.58. The number of benzene rings is 1. The first kappa shape index (κ1) is 10.4. The third-order valence-corrected chi connectivity index (χ3v) is 1.67. The highest BCUT2D eigenvalue weighted by Crippen LogP contribution is 2.24. The molecule has 0 aliphatic carbocycles. The van der Waals surface area contributed by atoms with E-state index >= 15 is 0 Å². The molecule has 0 spiro atoms. The van der Waals surface area contributed by atoms with Gasteiger partial charge in [0.25, 0.3) is 0 Å². The first-order chi connectivity index (χ1) is 6.69. The number of esters is 1. The smallest absolute Gasteiger partial charge is 0.341 e. The largest absolute Gasteiger partial charge is 0.508 e. The Morgan fingerprint density at radius 1 is 1.50 bits per heavy atom. The van der Waals surface area contributed by atoms with Gasteiger partial charge in [-0.1, -0.05) is 0 Å². The fraction of sp³-hybridized carbons (Fsp3) is 0.300. The number of phenolic OH excluding ortho intramolecular Hbond substituents is 1. The molecule has 1 rings (SSSR count). The van der Waals surface area contributed by atoms with Gasteiger partial charge in [0.15, 0.2) is 0 Å². The van der Waals surface area contributed by atoms with Crippen LogP contribution in [0, 0.1) is 0 Å². The van der Waals surface area contributed by atoms with E-state index in [2.05, 4.69) is 4.74 Å². The lowest BCUT2D eigenvalue weighted by Gasteiger charge is -2.08. The van der Waals surface area contributed by atoms with Gasteiger partial charge in [-0.3, -0.25) is 0 Å². The Kier molecular flexibility index (Phi) is 3.34. The van der Waals surface area contributed by atoms with Crippen molar-refractivity contribution >= 4 is 5.97 Å². The van der Waals surface area contributed by atoms with Gasteiger partial charge in [-0.25, -0.2) is 4.79 Å². The average molecular weight is 196 g/mol. The van der Waals surface area contributed by atoms with Crippen LogP contribution in [0.4, 0.5) is 0 Å². The molecule has 0 aliphatic rings. The van der Waals surface area contributed by atoms with E-state index in [1.54, 1.807) is 6.92 Å². The highest BCUT2D eigenvalue weighted by Gasteiger charge is 2.12. The second-order valence-corrected chi connectivity index (χ2v) is 2.61. The molecule has 0 saturated heterocycles. The summed E-state index contributed by atoms with van der Waals surface area (Å²) in [5, 5.41) is 9.19. The van der Waals surface area contributed by atoms with Crippen molar-refractivity contribution in [2.75, 3.05) is 13.7 Å². The van der Waals surface area contributed by atoms with Gasteiger partial charge in [0, 0.05) is 6.07 Å². The van der Waals surface area contributed by atoms with E-state index in [1.807, 2.05) is 0 Å². The minimum Gasteiger partial charge on any atom is -0.508 e. The van der Waals surface area contributed by atoms with Gasteiger partial charge in [-0.05, 0) is 19.1 Å². The van der Waals surface area contributed by atoms with Crippen LogP contribution >= 0.6 is 0 Å². The van der Waals surface area contributed by atoms with Crippen LogP contribution in [0.15, 0.2) is 18.2 Å². The van der Waals surface area contributed by atoms with Crippen LogP contribution in [-0.2, 0) is 4.74 Å². The second kappa shape index (κ2) is 4.50. The lowest BCUT2D eigenvalue weighted by atomic mass is 10.2. The van der Waals surface area contributed by atoms with Crippen LogP contribution in [0.25, 0.3) is 0 Å². The zero-order valence-electron chi connectivity index (χ0n) is 8.11. The summed E-state index contributed by atoms with van der Waals surface area (Å²) in [4.78, 5) is 11.2. The summed E-state index contributed by atoms with van der Waals surface area (Å²) in [6.07, 6.45) is 0. The Morgan fingerprint density at radius 2 is 2.21 bits per heavy atom. The number of hydrogen-bond donors (Lipinski definition) is 1. The van der Waals surface area contributed by atoms with Crippen molar-refractivity contribution in [1.82, 2.24) is 0 Å². The first-order valence-electron chi connectivity index (χ1n) is 4.23. The quantitative estimate of drug-likeness (QED) is 0.745. The molecule has 0 saturated carbocycles. The maximum atomic E-state index is 11.2. The van der Waals surface area contributed by atoms with Crippen LogP contribution in [0.3, 0.4) is 0 Å². The summed E-state index contributed by atoms with van der Waals surface area (Å²) in [6, 6.07) is 4.26. The van der Waals surface area contributed by atoms with Gasteiger partial charge in [0.2, 0.25) is 0 Å². The van der Waals surface area contributed by atoms with E-state index in [4.69, 9.17) is 4.74 Å². The number of rotatable bonds is 3. The van der Waals surface area contributed by atoms with Crippen LogP contribution in [0.2, 0.25) is 0 Å². The van der Waals surface area contributed by atoms with E-state index in [-0.39, 0.29) is 5.75 Å². The number of carbonyl (C=O) groups is 1. The molecule has 0 aliphatic heterocycles. The summed E-state index contributed by atoms with van der Waals surface area (Å²) in [5.74, 6) is -0.0890. The minimum atomic E-state index is -0.478. The molecule has 0 aromatic heterocycles. The number of ether oxygens (including phenoxy) is 2. The molecule has 0 atom stereocenters. The monoisotopic (exact) mass is 196 g/mol. The Bertz CT molecular complexity index is 333. The zero-order valence-corrected chi connectivity index (χ0v) is 8.11. The van der Waals surface area contributed by atoms with E-state index in [0.29, 0.717) is 17.9 Å². The van der Waals surface area contributed by atoms with Crippen LogP contribution < -0.4 is 4.74 Å². The zero-order chi connectivity index (χ0) is 10.6. The van der Waals surface area contributed by atoms with E-state index in [0.717, 1.165) is 0 Å². The van der Waals surface area contributed by atoms with Crippen molar-refractivity contribution in [3.63, 3.8) is 0 Å². The van der Waals surface area contributed by atoms with E-state index < -0.39 is 5.97 Å². The first-order valence-corrected chi connectivity index (χ1v) is 4.23. The molecule has 1 aromatic rings. The highest BCUT2D eigenvalue weighted by atomic mass is 16.5. The molecule has 1 N–H and O–H groups in total. The number of carbonyl (C=O) groups excluding carboxylic acids is 1. The van der Waals surface area contributed by atoms with Crippen molar-refractivity contribution in [3.05, 3.63) is 23.8 Å². The molecule has 0 amide bonds. The normalized spacial score (nSPS) is 9.57. The molecule has 14 heavy (non-hydrogen) atoms. The third kappa shape index (κ3) is 2.16. The summed E-state index contributed by atoms with van der Waals surface area (Å²) in [7, 11) is 1.30. The molecule has 0 fully saturated rings. The number of phenols is 1. The number of hydrogen-bond acceptors (Lipinski definition) is 4. The van der Waals surface area contributed by atoms with Crippen molar-refractivity contribution in [2.45, 2.75) is 6.92 Å². The molecule has 0 radical (unpaired) electrons. The van der Waals surface area contributed by atoms with Crippen molar-refractivity contribution in [1.29, 1.82) is 0 Å². The molecular weight excluding hydrogens is 184 g/mol. The Hall–Kier alpha value is -1.71. The van der Waals surface area contributed by atoms with Crippen molar-refractivity contribution < 1.29 is 19.4 Å². The summed E-state index contributed by atoms with van der Waals surface area (Å²) in [6.45, 7) is 2.22. The van der Waals surface area contributed by atoms with Gasteiger partial charge >= 0.3 is 5.97 Å². The van der Waals surface area contributed by atoms with Gasteiger partial charge in [-0.2, -0.15) is 0 Å². The van der Waals surface area contributed by atoms with Gasteiger partial charge in [0.05, 0.1) is 13.7 Å². The molecule has 4 heteroatoms. The Morgan fingerprint density at radius 3 is 2.79 bits per heavy atom. The number of aromatic hydroxyl groups is 1. The molecule has 0 unspecified atom stereocenters. The maximum Gasteiger partial charge on any atom is 0.341 e. The maximum absolute atomic E-state index is 11.2. The summed E-state index contributed by atoms with van der Waals surface area (Å²) < 4.78 is 9.74. The van der Waals surface area contributed by atoms with E-state index in [9.17, 15) is 9.90 Å². The minimum absolute atomic E-state index is 0.0566. The van der Waals surface area contributed by atoms with Gasteiger partial charge < -0.3 is 14.6 Å². The Labute approximate surface area is 82.1 Å². The van der Waals surface area contributed by atoms with Crippen LogP contribution in [0.5, 0.6) is 11.5 Å². The molecule has 4 nitrogen and oxygen atoms in total. The van der Waals surface area contributed by atoms with Crippen molar-refractivity contribution in [2.24, 2.45) is 0 Å². The fourth-order valence-electron chi connectivity index (χ4n) is 1.06. The van der Waals surface area contributed by atoms with Crippen LogP contribution in [-0.4, -0.2) is 24.8 Å². The lowest BCUT2D eigenvalue weighted by molar-refractivity contribution is 0.0596. The fourth-order valence-corrected chi connectivity index (χ4v) is 1.06. The molecule has 76 valence electrons.